The Bertz CT molecular complexity index is 405. The molecule has 1 rings (SSSR count). The highest BCUT2D eigenvalue weighted by Gasteiger charge is 2.26. The van der Waals surface area contributed by atoms with Gasteiger partial charge in [0.1, 0.15) is 0 Å². The number of carbonyl (C=O) groups is 1. The van der Waals surface area contributed by atoms with Crippen LogP contribution in [-0.2, 0) is 10.5 Å². The van der Waals surface area contributed by atoms with Crippen molar-refractivity contribution in [3.05, 3.63) is 35.4 Å². The number of aryl methyl sites for hydroxylation is 1. The largest absolute Gasteiger partial charge is 0.394 e. The van der Waals surface area contributed by atoms with Crippen molar-refractivity contribution in [2.45, 2.75) is 44.9 Å². The van der Waals surface area contributed by atoms with Crippen molar-refractivity contribution in [2.24, 2.45) is 0 Å². The molecule has 0 aromatic heterocycles. The van der Waals surface area contributed by atoms with E-state index in [0.717, 1.165) is 18.6 Å². The SMILES string of the molecule is CCC(CC)(CO)NC(=O)CSCc1ccc(C)cc1. The molecule has 0 radical (unpaired) electrons. The summed E-state index contributed by atoms with van der Waals surface area (Å²) in [5, 5.41) is 12.4. The molecule has 1 amide bonds. The van der Waals surface area contributed by atoms with Crippen molar-refractivity contribution in [3.8, 4) is 0 Å². The maximum atomic E-state index is 11.9. The van der Waals surface area contributed by atoms with Crippen LogP contribution in [0.2, 0.25) is 0 Å². The first-order chi connectivity index (χ1) is 9.55. The van der Waals surface area contributed by atoms with Crippen molar-refractivity contribution in [1.29, 1.82) is 0 Å². The molecule has 0 bridgehead atoms. The van der Waals surface area contributed by atoms with E-state index in [1.165, 1.54) is 11.1 Å². The summed E-state index contributed by atoms with van der Waals surface area (Å²) in [5.74, 6) is 1.26. The summed E-state index contributed by atoms with van der Waals surface area (Å²) >= 11 is 1.60. The molecule has 20 heavy (non-hydrogen) atoms. The highest BCUT2D eigenvalue weighted by molar-refractivity contribution is 7.99. The fraction of sp³-hybridized carbons (Fsp3) is 0.562. The van der Waals surface area contributed by atoms with Gasteiger partial charge >= 0.3 is 0 Å². The summed E-state index contributed by atoms with van der Waals surface area (Å²) in [7, 11) is 0. The minimum atomic E-state index is -0.457. The molecule has 112 valence electrons. The van der Waals surface area contributed by atoms with Gasteiger partial charge in [-0.2, -0.15) is 0 Å². The molecular weight excluding hydrogens is 270 g/mol. The third kappa shape index (κ3) is 5.17. The van der Waals surface area contributed by atoms with Crippen LogP contribution >= 0.6 is 11.8 Å². The number of carbonyl (C=O) groups excluding carboxylic acids is 1. The van der Waals surface area contributed by atoms with Gasteiger partial charge in [-0.15, -0.1) is 11.8 Å². The lowest BCUT2D eigenvalue weighted by Gasteiger charge is -2.30. The summed E-state index contributed by atoms with van der Waals surface area (Å²) < 4.78 is 0. The molecule has 0 saturated heterocycles. The molecule has 0 unspecified atom stereocenters. The number of nitrogens with one attached hydrogen (secondary N) is 1. The van der Waals surface area contributed by atoms with Gasteiger partial charge in [0, 0.05) is 5.75 Å². The van der Waals surface area contributed by atoms with Crippen LogP contribution < -0.4 is 5.32 Å². The predicted octanol–water partition coefficient (Wildman–Crippen LogP) is 2.90. The predicted molar refractivity (Wildman–Crippen MR) is 85.9 cm³/mol. The molecule has 0 heterocycles. The molecule has 1 aromatic carbocycles. The number of benzene rings is 1. The second kappa shape index (κ2) is 8.32. The summed E-state index contributed by atoms with van der Waals surface area (Å²) in [6.07, 6.45) is 1.49. The summed E-state index contributed by atoms with van der Waals surface area (Å²) in [6.45, 7) is 6.03. The van der Waals surface area contributed by atoms with Crippen molar-refractivity contribution in [3.63, 3.8) is 0 Å². The van der Waals surface area contributed by atoms with Gasteiger partial charge in [-0.3, -0.25) is 4.79 Å². The van der Waals surface area contributed by atoms with Crippen molar-refractivity contribution in [2.75, 3.05) is 12.4 Å². The van der Waals surface area contributed by atoms with Crippen LogP contribution in [0.3, 0.4) is 0 Å². The Labute approximate surface area is 126 Å². The van der Waals surface area contributed by atoms with E-state index in [1.807, 2.05) is 13.8 Å². The number of hydrogen-bond donors (Lipinski definition) is 2. The number of thioether (sulfide) groups is 1. The van der Waals surface area contributed by atoms with E-state index in [4.69, 9.17) is 0 Å². The fourth-order valence-electron chi connectivity index (χ4n) is 1.97. The standard InChI is InChI=1S/C16H25NO2S/c1-4-16(5-2,12-18)17-15(19)11-20-10-14-8-6-13(3)7-9-14/h6-9,18H,4-5,10-12H2,1-3H3,(H,17,19). The van der Waals surface area contributed by atoms with Gasteiger partial charge in [0.15, 0.2) is 0 Å². The minimum Gasteiger partial charge on any atom is -0.394 e. The molecule has 4 heteroatoms. The average Bonchev–Trinajstić information content (AvgIpc) is 2.47. The van der Waals surface area contributed by atoms with Gasteiger partial charge in [0.05, 0.1) is 17.9 Å². The first-order valence-corrected chi connectivity index (χ1v) is 8.26. The normalized spacial score (nSPS) is 11.4. The molecule has 0 spiro atoms. The molecule has 3 nitrogen and oxygen atoms in total. The summed E-state index contributed by atoms with van der Waals surface area (Å²) in [4.78, 5) is 11.9. The highest BCUT2D eigenvalue weighted by atomic mass is 32.2. The third-order valence-corrected chi connectivity index (χ3v) is 4.69. The molecule has 0 atom stereocenters. The summed E-state index contributed by atoms with van der Waals surface area (Å²) in [6, 6.07) is 8.36. The van der Waals surface area contributed by atoms with E-state index >= 15 is 0 Å². The van der Waals surface area contributed by atoms with E-state index in [2.05, 4.69) is 36.5 Å². The van der Waals surface area contributed by atoms with Crippen LogP contribution in [0.25, 0.3) is 0 Å². The second-order valence-corrected chi connectivity index (χ2v) is 6.16. The Kier molecular flexibility index (Phi) is 7.10. The van der Waals surface area contributed by atoms with E-state index in [1.54, 1.807) is 11.8 Å². The molecule has 0 saturated carbocycles. The lowest BCUT2D eigenvalue weighted by Crippen LogP contribution is -2.51. The minimum absolute atomic E-state index is 0.000128. The number of rotatable bonds is 8. The van der Waals surface area contributed by atoms with Gasteiger partial charge in [-0.05, 0) is 25.3 Å². The zero-order valence-electron chi connectivity index (χ0n) is 12.6. The summed E-state index contributed by atoms with van der Waals surface area (Å²) in [5.41, 5.74) is 2.02. The van der Waals surface area contributed by atoms with E-state index < -0.39 is 5.54 Å². The lowest BCUT2D eigenvalue weighted by atomic mass is 9.94. The molecule has 2 N–H and O–H groups in total. The zero-order chi connectivity index (χ0) is 15.0. The van der Waals surface area contributed by atoms with E-state index in [9.17, 15) is 9.90 Å². The first-order valence-electron chi connectivity index (χ1n) is 7.10. The van der Waals surface area contributed by atoms with Crippen LogP contribution in [0.1, 0.15) is 37.8 Å². The Morgan fingerprint density at radius 3 is 2.35 bits per heavy atom. The van der Waals surface area contributed by atoms with Crippen LogP contribution in [0.5, 0.6) is 0 Å². The Morgan fingerprint density at radius 2 is 1.85 bits per heavy atom. The number of aliphatic hydroxyl groups is 1. The van der Waals surface area contributed by atoms with Gasteiger partial charge in [0.25, 0.3) is 0 Å². The fourth-order valence-corrected chi connectivity index (χ4v) is 2.76. The quantitative estimate of drug-likeness (QED) is 0.775. The Morgan fingerprint density at radius 1 is 1.25 bits per heavy atom. The number of amides is 1. The molecule has 0 aliphatic carbocycles. The highest BCUT2D eigenvalue weighted by Crippen LogP contribution is 2.16. The average molecular weight is 295 g/mol. The topological polar surface area (TPSA) is 49.3 Å². The van der Waals surface area contributed by atoms with Crippen LogP contribution in [0, 0.1) is 6.92 Å². The van der Waals surface area contributed by atoms with E-state index in [0.29, 0.717) is 5.75 Å². The second-order valence-electron chi connectivity index (χ2n) is 5.17. The molecular formula is C16H25NO2S. The Hall–Kier alpha value is -1.00. The lowest BCUT2D eigenvalue weighted by molar-refractivity contribution is -0.121. The molecule has 1 aromatic rings. The first kappa shape index (κ1) is 17.1. The molecule has 0 aliphatic rings. The molecule has 0 aliphatic heterocycles. The van der Waals surface area contributed by atoms with Crippen LogP contribution in [0.4, 0.5) is 0 Å². The maximum absolute atomic E-state index is 11.9. The monoisotopic (exact) mass is 295 g/mol. The zero-order valence-corrected chi connectivity index (χ0v) is 13.4. The maximum Gasteiger partial charge on any atom is 0.230 e. The third-order valence-electron chi connectivity index (χ3n) is 3.68. The van der Waals surface area contributed by atoms with Gasteiger partial charge in [0.2, 0.25) is 5.91 Å². The van der Waals surface area contributed by atoms with Crippen LogP contribution in [-0.4, -0.2) is 28.9 Å². The van der Waals surface area contributed by atoms with Crippen molar-refractivity contribution >= 4 is 17.7 Å². The van der Waals surface area contributed by atoms with Gasteiger partial charge < -0.3 is 10.4 Å². The van der Waals surface area contributed by atoms with Crippen molar-refractivity contribution < 1.29 is 9.90 Å². The smallest absolute Gasteiger partial charge is 0.230 e. The number of aliphatic hydroxyl groups excluding tert-OH is 1. The van der Waals surface area contributed by atoms with Gasteiger partial charge in [-0.1, -0.05) is 43.7 Å². The van der Waals surface area contributed by atoms with E-state index in [-0.39, 0.29) is 12.5 Å². The molecule has 0 fully saturated rings. The number of hydrogen-bond acceptors (Lipinski definition) is 3. The Balaban J connectivity index is 2.38. The van der Waals surface area contributed by atoms with Gasteiger partial charge in [-0.25, -0.2) is 0 Å². The van der Waals surface area contributed by atoms with Crippen molar-refractivity contribution in [1.82, 2.24) is 5.32 Å². The van der Waals surface area contributed by atoms with Crippen LogP contribution in [0.15, 0.2) is 24.3 Å².